The minimum absolute atomic E-state index is 0.109. The lowest BCUT2D eigenvalue weighted by Gasteiger charge is -2.19. The average Bonchev–Trinajstić information content (AvgIpc) is 3.01. The van der Waals surface area contributed by atoms with Crippen molar-refractivity contribution in [2.24, 2.45) is 0 Å². The van der Waals surface area contributed by atoms with Crippen LogP contribution in [0.5, 0.6) is 11.5 Å². The van der Waals surface area contributed by atoms with Gasteiger partial charge in [0.2, 0.25) is 5.91 Å². The molecule has 0 spiro atoms. The van der Waals surface area contributed by atoms with Crippen LogP contribution in [0.3, 0.4) is 0 Å². The van der Waals surface area contributed by atoms with Gasteiger partial charge in [-0.15, -0.1) is 11.8 Å². The summed E-state index contributed by atoms with van der Waals surface area (Å²) in [5.41, 5.74) is 2.82. The molecule has 0 fully saturated rings. The summed E-state index contributed by atoms with van der Waals surface area (Å²) in [6, 6.07) is 6.17. The summed E-state index contributed by atoms with van der Waals surface area (Å²) in [4.78, 5) is 38.0. The summed E-state index contributed by atoms with van der Waals surface area (Å²) in [5, 5.41) is 2.95. The van der Waals surface area contributed by atoms with Gasteiger partial charge in [0.05, 0.1) is 25.2 Å². The van der Waals surface area contributed by atoms with Gasteiger partial charge < -0.3 is 19.5 Å². The number of rotatable bonds is 6. The van der Waals surface area contributed by atoms with Gasteiger partial charge in [0, 0.05) is 12.5 Å². The van der Waals surface area contributed by atoms with E-state index in [1.54, 1.807) is 18.2 Å². The van der Waals surface area contributed by atoms with Crippen molar-refractivity contribution < 1.29 is 23.8 Å². The van der Waals surface area contributed by atoms with Gasteiger partial charge in [-0.05, 0) is 54.0 Å². The smallest absolute Gasteiger partial charge is 0.346 e. The van der Waals surface area contributed by atoms with Crippen molar-refractivity contribution in [2.75, 3.05) is 26.5 Å². The number of ether oxygens (including phenoxy) is 3. The minimum atomic E-state index is -0.685. The summed E-state index contributed by atoms with van der Waals surface area (Å²) in [6.07, 6.45) is 2.93. The third kappa shape index (κ3) is 4.56. The first kappa shape index (κ1) is 23.9. The van der Waals surface area contributed by atoms with Crippen molar-refractivity contribution >= 4 is 35.2 Å². The minimum Gasteiger partial charge on any atom is -0.496 e. The van der Waals surface area contributed by atoms with Crippen LogP contribution >= 0.6 is 23.4 Å². The molecule has 0 aliphatic heterocycles. The van der Waals surface area contributed by atoms with Crippen LogP contribution < -0.4 is 20.2 Å². The van der Waals surface area contributed by atoms with Crippen LogP contribution in [0.15, 0.2) is 34.0 Å². The number of esters is 1. The second-order valence-electron chi connectivity index (χ2n) is 7.13. The SMILES string of the molecule is COc1cc2c(c(OC)c1C(=O)OCCl)-c1ccc(SC)c(=O)cc1[C@@H](NC(C)=O)CC2. The number of carbonyl (C=O) groups is 2. The molecule has 9 heteroatoms. The Morgan fingerprint density at radius 2 is 1.97 bits per heavy atom. The van der Waals surface area contributed by atoms with Crippen LogP contribution in [0.25, 0.3) is 11.1 Å². The fraction of sp³-hybridized carbons (Fsp3) is 0.348. The molecule has 2 aromatic carbocycles. The van der Waals surface area contributed by atoms with E-state index in [1.807, 2.05) is 12.3 Å². The Balaban J connectivity index is 2.43. The Labute approximate surface area is 195 Å². The van der Waals surface area contributed by atoms with Gasteiger partial charge in [-0.1, -0.05) is 17.7 Å². The molecular formula is C23H24ClNO6S. The zero-order chi connectivity index (χ0) is 23.4. The number of nitrogens with one attached hydrogen (secondary N) is 1. The maximum Gasteiger partial charge on any atom is 0.346 e. The number of hydrogen-bond donors (Lipinski definition) is 1. The van der Waals surface area contributed by atoms with Crippen molar-refractivity contribution in [3.05, 3.63) is 51.2 Å². The molecule has 32 heavy (non-hydrogen) atoms. The molecule has 2 aromatic rings. The van der Waals surface area contributed by atoms with E-state index in [2.05, 4.69) is 5.32 Å². The van der Waals surface area contributed by atoms with Gasteiger partial charge in [-0.25, -0.2) is 4.79 Å². The number of thioether (sulfide) groups is 1. The Morgan fingerprint density at radius 1 is 1.22 bits per heavy atom. The van der Waals surface area contributed by atoms with Gasteiger partial charge in [0.1, 0.15) is 17.1 Å². The van der Waals surface area contributed by atoms with Gasteiger partial charge in [0.25, 0.3) is 0 Å². The molecule has 0 unspecified atom stereocenters. The number of alkyl halides is 1. The molecule has 1 atom stereocenters. The second kappa shape index (κ2) is 10.3. The summed E-state index contributed by atoms with van der Waals surface area (Å²) >= 11 is 6.96. The number of aryl methyl sites for hydroxylation is 1. The first-order valence-electron chi connectivity index (χ1n) is 9.86. The van der Waals surface area contributed by atoms with Crippen molar-refractivity contribution in [2.45, 2.75) is 30.7 Å². The first-order valence-corrected chi connectivity index (χ1v) is 11.6. The van der Waals surface area contributed by atoms with Crippen LogP contribution in [0.4, 0.5) is 0 Å². The highest BCUT2D eigenvalue weighted by Gasteiger charge is 2.31. The van der Waals surface area contributed by atoms with Crippen molar-refractivity contribution in [3.8, 4) is 22.6 Å². The van der Waals surface area contributed by atoms with Gasteiger partial charge in [-0.3, -0.25) is 9.59 Å². The molecule has 1 amide bonds. The van der Waals surface area contributed by atoms with Gasteiger partial charge in [0.15, 0.2) is 11.5 Å². The van der Waals surface area contributed by atoms with E-state index in [0.717, 1.165) is 5.56 Å². The second-order valence-corrected chi connectivity index (χ2v) is 8.20. The number of hydrogen-bond acceptors (Lipinski definition) is 7. The molecule has 1 aliphatic rings. The number of fused-ring (bicyclic) bond motifs is 3. The largest absolute Gasteiger partial charge is 0.496 e. The third-order valence-electron chi connectivity index (χ3n) is 5.33. The number of benzene rings is 1. The van der Waals surface area contributed by atoms with Crippen LogP contribution in [0.2, 0.25) is 0 Å². The molecule has 0 heterocycles. The maximum absolute atomic E-state index is 12.8. The summed E-state index contributed by atoms with van der Waals surface area (Å²) in [5.74, 6) is -0.324. The first-order chi connectivity index (χ1) is 15.4. The Morgan fingerprint density at radius 3 is 2.56 bits per heavy atom. The Bertz CT molecular complexity index is 1120. The van der Waals surface area contributed by atoms with E-state index >= 15 is 0 Å². The molecule has 1 N–H and O–H groups in total. The molecule has 170 valence electrons. The molecule has 0 radical (unpaired) electrons. The highest BCUT2D eigenvalue weighted by atomic mass is 35.5. The van der Waals surface area contributed by atoms with Crippen molar-refractivity contribution in [1.29, 1.82) is 0 Å². The maximum atomic E-state index is 12.8. The predicted molar refractivity (Wildman–Crippen MR) is 124 cm³/mol. The summed E-state index contributed by atoms with van der Waals surface area (Å²) in [7, 11) is 2.91. The molecule has 1 aliphatic carbocycles. The molecular weight excluding hydrogens is 454 g/mol. The van der Waals surface area contributed by atoms with Gasteiger partial charge in [-0.2, -0.15) is 0 Å². The lowest BCUT2D eigenvalue weighted by Crippen LogP contribution is -2.26. The number of methoxy groups -OCH3 is 2. The lowest BCUT2D eigenvalue weighted by atomic mass is 9.93. The van der Waals surface area contributed by atoms with E-state index < -0.39 is 12.0 Å². The summed E-state index contributed by atoms with van der Waals surface area (Å²) in [6.45, 7) is 1.44. The monoisotopic (exact) mass is 477 g/mol. The fourth-order valence-corrected chi connectivity index (χ4v) is 4.58. The summed E-state index contributed by atoms with van der Waals surface area (Å²) < 4.78 is 16.2. The normalized spacial score (nSPS) is 14.5. The van der Waals surface area contributed by atoms with Crippen LogP contribution in [0, 0.1) is 0 Å². The highest BCUT2D eigenvalue weighted by molar-refractivity contribution is 7.98. The van der Waals surface area contributed by atoms with E-state index in [0.29, 0.717) is 40.2 Å². The zero-order valence-corrected chi connectivity index (χ0v) is 19.8. The molecule has 0 saturated carbocycles. The van der Waals surface area contributed by atoms with Crippen LogP contribution in [0.1, 0.15) is 40.9 Å². The standard InChI is InChI=1S/C23H24ClNO6S/c1-12(26)25-16-7-5-13-9-18(29-2)21(23(28)31-11-24)22(30-3)20(13)14-6-8-19(32-4)17(27)10-15(14)16/h6,8-10,16H,5,7,11H2,1-4H3,(H,25,26)/t16-/m0/s1. The number of amides is 1. The lowest BCUT2D eigenvalue weighted by molar-refractivity contribution is -0.119. The van der Waals surface area contributed by atoms with Crippen molar-refractivity contribution in [3.63, 3.8) is 0 Å². The van der Waals surface area contributed by atoms with Crippen LogP contribution in [-0.2, 0) is 16.0 Å². The topological polar surface area (TPSA) is 90.9 Å². The third-order valence-corrected chi connectivity index (χ3v) is 6.21. The van der Waals surface area contributed by atoms with Crippen LogP contribution in [-0.4, -0.2) is 38.4 Å². The molecule has 7 nitrogen and oxygen atoms in total. The Kier molecular flexibility index (Phi) is 7.69. The molecule has 3 rings (SSSR count). The molecule has 0 aromatic heterocycles. The van der Waals surface area contributed by atoms with Crippen molar-refractivity contribution in [1.82, 2.24) is 5.32 Å². The fourth-order valence-electron chi connectivity index (χ4n) is 4.02. The van der Waals surface area contributed by atoms with E-state index in [-0.39, 0.29) is 28.7 Å². The Hall–Kier alpha value is -2.71. The van der Waals surface area contributed by atoms with E-state index in [4.69, 9.17) is 25.8 Å². The molecule has 0 saturated heterocycles. The van der Waals surface area contributed by atoms with E-state index in [1.165, 1.54) is 32.9 Å². The number of carbonyl (C=O) groups excluding carboxylic acids is 2. The average molecular weight is 478 g/mol. The van der Waals surface area contributed by atoms with E-state index in [9.17, 15) is 14.4 Å². The molecule has 0 bridgehead atoms. The number of halogens is 1. The predicted octanol–water partition coefficient (Wildman–Crippen LogP) is 3.93. The zero-order valence-electron chi connectivity index (χ0n) is 18.2. The highest BCUT2D eigenvalue weighted by Crippen LogP contribution is 2.46. The van der Waals surface area contributed by atoms with Gasteiger partial charge >= 0.3 is 5.97 Å². The quantitative estimate of drug-likeness (QED) is 0.383.